The Morgan fingerprint density at radius 2 is 1.70 bits per heavy atom. The first kappa shape index (κ1) is 28.7. The summed E-state index contributed by atoms with van der Waals surface area (Å²) in [6.45, 7) is 7.10. The molecule has 40 heavy (non-hydrogen) atoms. The van der Waals surface area contributed by atoms with Crippen LogP contribution in [0.15, 0.2) is 60.7 Å². The first-order valence-corrected chi connectivity index (χ1v) is 13.2. The van der Waals surface area contributed by atoms with Gasteiger partial charge in [-0.05, 0) is 87.4 Å². The fourth-order valence-corrected chi connectivity index (χ4v) is 4.78. The van der Waals surface area contributed by atoms with Crippen molar-refractivity contribution in [2.45, 2.75) is 38.9 Å². The van der Waals surface area contributed by atoms with Gasteiger partial charge in [-0.15, -0.1) is 0 Å². The standard InChI is InChI=1S/C29H33F3N6O2/c1-3-37(4-2)23-13-11-21(12-14-23)34-27-24(26(33)39)15-16-25(36-27)38-17-5-6-22(18-38)35-28(40)19-7-9-20(10-8-19)29(30,31)32/h7-16,22H,3-6,17-18H2,1-2H3,(H2,33,39)(H,34,36)(H,35,40)/t22-/m1/s1. The Balaban J connectivity index is 1.47. The number of nitrogens with zero attached hydrogens (tertiary/aromatic N) is 3. The van der Waals surface area contributed by atoms with Crippen LogP contribution in [0.25, 0.3) is 0 Å². The van der Waals surface area contributed by atoms with Crippen LogP contribution in [-0.2, 0) is 6.18 Å². The molecule has 3 aromatic rings. The summed E-state index contributed by atoms with van der Waals surface area (Å²) < 4.78 is 38.5. The number of pyridine rings is 1. The van der Waals surface area contributed by atoms with Gasteiger partial charge in [-0.25, -0.2) is 4.98 Å². The first-order chi connectivity index (χ1) is 19.1. The molecule has 1 atom stereocenters. The number of benzene rings is 2. The van der Waals surface area contributed by atoms with Crippen molar-refractivity contribution in [1.29, 1.82) is 0 Å². The monoisotopic (exact) mass is 554 g/mol. The summed E-state index contributed by atoms with van der Waals surface area (Å²) in [6.07, 6.45) is -2.97. The van der Waals surface area contributed by atoms with Crippen molar-refractivity contribution in [3.05, 3.63) is 77.4 Å². The fourth-order valence-electron chi connectivity index (χ4n) is 4.78. The van der Waals surface area contributed by atoms with Gasteiger partial charge in [0.1, 0.15) is 11.6 Å². The average molecular weight is 555 g/mol. The molecule has 11 heteroatoms. The summed E-state index contributed by atoms with van der Waals surface area (Å²) in [7, 11) is 0. The second kappa shape index (κ2) is 12.3. The molecule has 0 unspecified atom stereocenters. The molecule has 4 N–H and O–H groups in total. The lowest BCUT2D eigenvalue weighted by atomic mass is 10.0. The molecule has 0 saturated carbocycles. The second-order valence-corrected chi connectivity index (χ2v) is 9.61. The van der Waals surface area contributed by atoms with Crippen molar-refractivity contribution >= 4 is 34.8 Å². The number of carbonyl (C=O) groups is 2. The number of hydrogen-bond acceptors (Lipinski definition) is 6. The summed E-state index contributed by atoms with van der Waals surface area (Å²) >= 11 is 0. The average Bonchev–Trinajstić information content (AvgIpc) is 2.94. The van der Waals surface area contributed by atoms with Crippen molar-refractivity contribution < 1.29 is 22.8 Å². The molecule has 1 aliphatic rings. The number of aromatic nitrogens is 1. The summed E-state index contributed by atoms with van der Waals surface area (Å²) in [5.74, 6) is -0.105. The van der Waals surface area contributed by atoms with Crippen LogP contribution in [0.1, 0.15) is 53.0 Å². The number of hydrogen-bond donors (Lipinski definition) is 3. The van der Waals surface area contributed by atoms with Gasteiger partial charge in [0.25, 0.3) is 11.8 Å². The van der Waals surface area contributed by atoms with E-state index in [4.69, 9.17) is 10.7 Å². The number of carbonyl (C=O) groups excluding carboxylic acids is 2. The molecule has 1 aromatic heterocycles. The van der Waals surface area contributed by atoms with Crippen LogP contribution in [0.3, 0.4) is 0 Å². The lowest BCUT2D eigenvalue weighted by Crippen LogP contribution is -2.48. The van der Waals surface area contributed by atoms with Gasteiger partial charge in [0.15, 0.2) is 0 Å². The molecule has 0 aliphatic carbocycles. The highest BCUT2D eigenvalue weighted by Gasteiger charge is 2.30. The van der Waals surface area contributed by atoms with Gasteiger partial charge in [0.05, 0.1) is 11.1 Å². The molecule has 2 heterocycles. The summed E-state index contributed by atoms with van der Waals surface area (Å²) in [4.78, 5) is 33.7. The Hall–Kier alpha value is -4.28. The smallest absolute Gasteiger partial charge is 0.372 e. The Morgan fingerprint density at radius 3 is 2.30 bits per heavy atom. The first-order valence-electron chi connectivity index (χ1n) is 13.2. The fraction of sp³-hybridized carbons (Fsp3) is 0.345. The number of rotatable bonds is 9. The molecule has 0 spiro atoms. The Kier molecular flexibility index (Phi) is 8.81. The molecule has 212 valence electrons. The van der Waals surface area contributed by atoms with Gasteiger partial charge in [-0.3, -0.25) is 9.59 Å². The van der Waals surface area contributed by atoms with E-state index in [1.807, 2.05) is 29.2 Å². The maximum absolute atomic E-state index is 12.8. The van der Waals surface area contributed by atoms with E-state index < -0.39 is 23.6 Å². The third kappa shape index (κ3) is 6.83. The lowest BCUT2D eigenvalue weighted by molar-refractivity contribution is -0.137. The van der Waals surface area contributed by atoms with Crippen LogP contribution in [0.5, 0.6) is 0 Å². The highest BCUT2D eigenvalue weighted by atomic mass is 19.4. The summed E-state index contributed by atoms with van der Waals surface area (Å²) in [5, 5.41) is 6.13. The van der Waals surface area contributed by atoms with E-state index in [1.165, 1.54) is 12.1 Å². The Labute approximate surface area is 231 Å². The Bertz CT molecular complexity index is 1330. The van der Waals surface area contributed by atoms with Crippen LogP contribution in [0, 0.1) is 0 Å². The number of halogens is 3. The van der Waals surface area contributed by atoms with Gasteiger partial charge >= 0.3 is 6.18 Å². The van der Waals surface area contributed by atoms with Gasteiger partial charge < -0.3 is 26.2 Å². The number of piperidine rings is 1. The number of amides is 2. The van der Waals surface area contributed by atoms with E-state index in [0.717, 1.165) is 43.0 Å². The van der Waals surface area contributed by atoms with E-state index >= 15 is 0 Å². The number of alkyl halides is 3. The van der Waals surface area contributed by atoms with Crippen LogP contribution in [-0.4, -0.2) is 49.0 Å². The summed E-state index contributed by atoms with van der Waals surface area (Å²) in [6, 6.07) is 15.1. The zero-order chi connectivity index (χ0) is 28.9. The normalized spacial score (nSPS) is 15.4. The van der Waals surface area contributed by atoms with Crippen LogP contribution in [0.2, 0.25) is 0 Å². The molecule has 1 saturated heterocycles. The number of nitrogens with one attached hydrogen (secondary N) is 2. The van der Waals surface area contributed by atoms with Crippen LogP contribution >= 0.6 is 0 Å². The molecule has 8 nitrogen and oxygen atoms in total. The zero-order valence-electron chi connectivity index (χ0n) is 22.5. The van der Waals surface area contributed by atoms with Gasteiger partial charge in [0, 0.05) is 49.2 Å². The summed E-state index contributed by atoms with van der Waals surface area (Å²) in [5.41, 5.74) is 7.06. The highest BCUT2D eigenvalue weighted by molar-refractivity contribution is 5.98. The third-order valence-electron chi connectivity index (χ3n) is 6.96. The quantitative estimate of drug-likeness (QED) is 0.337. The van der Waals surface area contributed by atoms with E-state index in [2.05, 4.69) is 29.4 Å². The molecule has 1 fully saturated rings. The Morgan fingerprint density at radius 1 is 1.02 bits per heavy atom. The van der Waals surface area contributed by atoms with Crippen molar-refractivity contribution in [2.75, 3.05) is 41.3 Å². The van der Waals surface area contributed by atoms with Gasteiger partial charge in [-0.2, -0.15) is 13.2 Å². The van der Waals surface area contributed by atoms with Crippen molar-refractivity contribution in [2.24, 2.45) is 5.73 Å². The van der Waals surface area contributed by atoms with Crippen LogP contribution in [0.4, 0.5) is 36.2 Å². The van der Waals surface area contributed by atoms with E-state index in [9.17, 15) is 22.8 Å². The van der Waals surface area contributed by atoms with Gasteiger partial charge in [-0.1, -0.05) is 0 Å². The molecule has 4 rings (SSSR count). The molecule has 1 aliphatic heterocycles. The number of primary amides is 1. The SMILES string of the molecule is CCN(CC)c1ccc(Nc2nc(N3CCC[C@@H](NC(=O)c4ccc(C(F)(F)F)cc4)C3)ccc2C(N)=O)cc1. The van der Waals surface area contributed by atoms with Crippen molar-refractivity contribution in [1.82, 2.24) is 10.3 Å². The largest absolute Gasteiger partial charge is 0.416 e. The van der Waals surface area contributed by atoms with Crippen molar-refractivity contribution in [3.8, 4) is 0 Å². The third-order valence-corrected chi connectivity index (χ3v) is 6.96. The molecular weight excluding hydrogens is 521 g/mol. The van der Waals surface area contributed by atoms with Crippen molar-refractivity contribution in [3.63, 3.8) is 0 Å². The van der Waals surface area contributed by atoms with E-state index in [-0.39, 0.29) is 17.2 Å². The zero-order valence-corrected chi connectivity index (χ0v) is 22.5. The maximum atomic E-state index is 12.8. The highest BCUT2D eigenvalue weighted by Crippen LogP contribution is 2.29. The molecule has 2 amide bonds. The van der Waals surface area contributed by atoms with Crippen LogP contribution < -0.4 is 26.2 Å². The number of nitrogens with two attached hydrogens (primary N) is 1. The minimum absolute atomic E-state index is 0.160. The number of anilines is 4. The lowest BCUT2D eigenvalue weighted by Gasteiger charge is -2.34. The topological polar surface area (TPSA) is 104 Å². The molecular formula is C29H33F3N6O2. The molecule has 0 bridgehead atoms. The maximum Gasteiger partial charge on any atom is 0.416 e. The molecule has 0 radical (unpaired) electrons. The minimum Gasteiger partial charge on any atom is -0.372 e. The minimum atomic E-state index is -4.46. The predicted octanol–water partition coefficient (Wildman–Crippen LogP) is 5.19. The van der Waals surface area contributed by atoms with E-state index in [0.29, 0.717) is 31.1 Å². The predicted molar refractivity (Wildman–Crippen MR) is 150 cm³/mol. The van der Waals surface area contributed by atoms with Gasteiger partial charge in [0.2, 0.25) is 0 Å². The second-order valence-electron chi connectivity index (χ2n) is 9.61. The molecule has 2 aromatic carbocycles. The van der Waals surface area contributed by atoms with E-state index in [1.54, 1.807) is 12.1 Å².